The van der Waals surface area contributed by atoms with Gasteiger partial charge in [0.1, 0.15) is 0 Å². The van der Waals surface area contributed by atoms with Crippen LogP contribution < -0.4 is 0 Å². The molecule has 0 fully saturated rings. The summed E-state index contributed by atoms with van der Waals surface area (Å²) in [5, 5.41) is 0. The molecule has 0 saturated carbocycles. The predicted molar refractivity (Wildman–Crippen MR) is 88.7 cm³/mol. The number of hydrogen-bond donors (Lipinski definition) is 0. The first-order valence-corrected chi connectivity index (χ1v) is 7.49. The molecule has 1 heterocycles. The monoisotopic (exact) mass is 275 g/mol. The molecule has 1 unspecified atom stereocenters. The summed E-state index contributed by atoms with van der Waals surface area (Å²) in [5.41, 5.74) is 5.41. The molecule has 0 N–H and O–H groups in total. The molecule has 0 radical (unpaired) electrons. The third-order valence-electron chi connectivity index (χ3n) is 4.13. The Morgan fingerprint density at radius 2 is 1.48 bits per heavy atom. The van der Waals surface area contributed by atoms with Crippen molar-refractivity contribution in [2.75, 3.05) is 0 Å². The molecule has 1 heteroatoms. The number of benzene rings is 2. The summed E-state index contributed by atoms with van der Waals surface area (Å²) in [7, 11) is 0. The van der Waals surface area contributed by atoms with Gasteiger partial charge in [-0.05, 0) is 29.7 Å². The second kappa shape index (κ2) is 6.01. The molecular formula is C20H21N. The van der Waals surface area contributed by atoms with Gasteiger partial charge in [0.05, 0.1) is 0 Å². The van der Waals surface area contributed by atoms with Gasteiger partial charge < -0.3 is 4.57 Å². The van der Waals surface area contributed by atoms with Gasteiger partial charge in [-0.3, -0.25) is 0 Å². The smallest absolute Gasteiger partial charge is 0.0472 e. The van der Waals surface area contributed by atoms with Gasteiger partial charge in [0.2, 0.25) is 0 Å². The van der Waals surface area contributed by atoms with Gasteiger partial charge in [0.15, 0.2) is 0 Å². The Morgan fingerprint density at radius 1 is 0.857 bits per heavy atom. The summed E-state index contributed by atoms with van der Waals surface area (Å²) in [6.07, 6.45) is 2.29. The van der Waals surface area contributed by atoms with Crippen molar-refractivity contribution < 1.29 is 0 Å². The Balaban J connectivity index is 1.84. The van der Waals surface area contributed by atoms with Crippen molar-refractivity contribution in [2.24, 2.45) is 0 Å². The average molecular weight is 275 g/mol. The van der Waals surface area contributed by atoms with Crippen molar-refractivity contribution in [2.45, 2.75) is 26.3 Å². The van der Waals surface area contributed by atoms with Crippen LogP contribution in [0.25, 0.3) is 0 Å². The lowest BCUT2D eigenvalue weighted by Crippen LogP contribution is -2.00. The van der Waals surface area contributed by atoms with E-state index in [1.165, 1.54) is 22.4 Å². The second-order valence-electron chi connectivity index (χ2n) is 5.66. The Morgan fingerprint density at radius 3 is 2.14 bits per heavy atom. The molecule has 3 aromatic rings. The molecule has 2 aromatic carbocycles. The first-order chi connectivity index (χ1) is 10.2. The van der Waals surface area contributed by atoms with E-state index in [-0.39, 0.29) is 0 Å². The standard InChI is InChI=1S/C20H21N/c1-16-13-20(17(2)19-11-7-4-8-12-19)15-21(16)14-18-9-5-3-6-10-18/h3-13,15,17H,14H2,1-2H3. The summed E-state index contributed by atoms with van der Waals surface area (Å²) in [6.45, 7) is 5.40. The molecule has 0 aliphatic rings. The van der Waals surface area contributed by atoms with Crippen molar-refractivity contribution in [1.82, 2.24) is 4.57 Å². The summed E-state index contributed by atoms with van der Waals surface area (Å²) in [4.78, 5) is 0. The highest BCUT2D eigenvalue weighted by Crippen LogP contribution is 2.25. The first kappa shape index (κ1) is 13.7. The lowest BCUT2D eigenvalue weighted by Gasteiger charge is -2.10. The third kappa shape index (κ3) is 3.08. The molecule has 21 heavy (non-hydrogen) atoms. The topological polar surface area (TPSA) is 4.93 Å². The van der Waals surface area contributed by atoms with Crippen LogP contribution in [0.4, 0.5) is 0 Å². The van der Waals surface area contributed by atoms with E-state index >= 15 is 0 Å². The molecule has 0 aliphatic heterocycles. The van der Waals surface area contributed by atoms with Gasteiger partial charge in [-0.1, -0.05) is 67.6 Å². The lowest BCUT2D eigenvalue weighted by molar-refractivity contribution is 0.770. The van der Waals surface area contributed by atoms with Gasteiger partial charge in [-0.2, -0.15) is 0 Å². The van der Waals surface area contributed by atoms with E-state index in [0.717, 1.165) is 6.54 Å². The molecule has 1 aromatic heterocycles. The van der Waals surface area contributed by atoms with Crippen molar-refractivity contribution in [3.8, 4) is 0 Å². The fourth-order valence-corrected chi connectivity index (χ4v) is 2.76. The van der Waals surface area contributed by atoms with Crippen LogP contribution in [0.2, 0.25) is 0 Å². The molecule has 1 atom stereocenters. The highest BCUT2D eigenvalue weighted by molar-refractivity contribution is 5.33. The van der Waals surface area contributed by atoms with Gasteiger partial charge in [0, 0.05) is 24.4 Å². The highest BCUT2D eigenvalue weighted by atomic mass is 15.0. The van der Waals surface area contributed by atoms with E-state index in [1.54, 1.807) is 0 Å². The molecule has 106 valence electrons. The number of aromatic nitrogens is 1. The van der Waals surface area contributed by atoms with Gasteiger partial charge in [-0.15, -0.1) is 0 Å². The minimum absolute atomic E-state index is 0.432. The molecule has 3 rings (SSSR count). The number of aryl methyl sites for hydroxylation is 1. The Bertz CT molecular complexity index is 695. The maximum absolute atomic E-state index is 2.34. The Hall–Kier alpha value is -2.28. The van der Waals surface area contributed by atoms with Crippen LogP contribution in [0.5, 0.6) is 0 Å². The van der Waals surface area contributed by atoms with Gasteiger partial charge in [0.25, 0.3) is 0 Å². The SMILES string of the molecule is Cc1cc(C(C)c2ccccc2)cn1Cc1ccccc1. The van der Waals surface area contributed by atoms with E-state index in [2.05, 4.69) is 91.3 Å². The first-order valence-electron chi connectivity index (χ1n) is 7.49. The molecule has 1 nitrogen and oxygen atoms in total. The van der Waals surface area contributed by atoms with Crippen LogP contribution in [0.15, 0.2) is 72.9 Å². The maximum Gasteiger partial charge on any atom is 0.0472 e. The average Bonchev–Trinajstić information content (AvgIpc) is 2.89. The van der Waals surface area contributed by atoms with E-state index < -0.39 is 0 Å². The third-order valence-corrected chi connectivity index (χ3v) is 4.13. The molecule has 0 amide bonds. The largest absolute Gasteiger partial charge is 0.347 e. The zero-order valence-electron chi connectivity index (χ0n) is 12.7. The predicted octanol–water partition coefficient (Wildman–Crippen LogP) is 5.00. The van der Waals surface area contributed by atoms with E-state index in [1.807, 2.05) is 0 Å². The van der Waals surface area contributed by atoms with Gasteiger partial charge in [-0.25, -0.2) is 0 Å². The van der Waals surface area contributed by atoms with Crippen LogP contribution in [0.3, 0.4) is 0 Å². The van der Waals surface area contributed by atoms with Crippen LogP contribution in [-0.4, -0.2) is 4.57 Å². The minimum atomic E-state index is 0.432. The zero-order valence-corrected chi connectivity index (χ0v) is 12.7. The van der Waals surface area contributed by atoms with Crippen molar-refractivity contribution >= 4 is 0 Å². The fraction of sp³-hybridized carbons (Fsp3) is 0.200. The molecule has 0 saturated heterocycles. The van der Waals surface area contributed by atoms with Crippen LogP contribution in [-0.2, 0) is 6.54 Å². The van der Waals surface area contributed by atoms with Crippen molar-refractivity contribution in [1.29, 1.82) is 0 Å². The molecule has 0 spiro atoms. The van der Waals surface area contributed by atoms with E-state index in [0.29, 0.717) is 5.92 Å². The number of nitrogens with zero attached hydrogens (tertiary/aromatic N) is 1. The highest BCUT2D eigenvalue weighted by Gasteiger charge is 2.11. The summed E-state index contributed by atoms with van der Waals surface area (Å²) >= 11 is 0. The summed E-state index contributed by atoms with van der Waals surface area (Å²) in [5.74, 6) is 0.432. The second-order valence-corrected chi connectivity index (χ2v) is 5.66. The summed E-state index contributed by atoms with van der Waals surface area (Å²) < 4.78 is 2.34. The molecule has 0 bridgehead atoms. The van der Waals surface area contributed by atoms with Gasteiger partial charge >= 0.3 is 0 Å². The number of hydrogen-bond acceptors (Lipinski definition) is 0. The maximum atomic E-state index is 2.34. The van der Waals surface area contributed by atoms with Crippen molar-refractivity contribution in [3.63, 3.8) is 0 Å². The van der Waals surface area contributed by atoms with Crippen molar-refractivity contribution in [3.05, 3.63) is 95.3 Å². The Kier molecular flexibility index (Phi) is 3.92. The van der Waals surface area contributed by atoms with Crippen LogP contribution in [0, 0.1) is 6.92 Å². The summed E-state index contributed by atoms with van der Waals surface area (Å²) in [6, 6.07) is 23.6. The lowest BCUT2D eigenvalue weighted by atomic mass is 9.95. The van der Waals surface area contributed by atoms with E-state index in [4.69, 9.17) is 0 Å². The fourth-order valence-electron chi connectivity index (χ4n) is 2.76. The molecular weight excluding hydrogens is 254 g/mol. The zero-order chi connectivity index (χ0) is 14.7. The van der Waals surface area contributed by atoms with E-state index in [9.17, 15) is 0 Å². The molecule has 0 aliphatic carbocycles. The Labute approximate surface area is 126 Å². The van der Waals surface area contributed by atoms with Crippen LogP contribution in [0.1, 0.15) is 35.2 Å². The van der Waals surface area contributed by atoms with Crippen LogP contribution >= 0.6 is 0 Å². The quantitative estimate of drug-likeness (QED) is 0.631. The normalized spacial score (nSPS) is 12.3. The minimum Gasteiger partial charge on any atom is -0.347 e. The number of rotatable bonds is 4.